The summed E-state index contributed by atoms with van der Waals surface area (Å²) in [5, 5.41) is 3.30. The minimum atomic E-state index is -0.275. The van der Waals surface area contributed by atoms with E-state index in [1.165, 1.54) is 6.92 Å². The standard InChI is InChI=1S/C12H16N2O2/c1-10(15)16-12-5-3-2-4-11(12)14-8-6-13-7-9-14/h2-5,13H,6-9H2,1H3. The van der Waals surface area contributed by atoms with Gasteiger partial charge in [0.15, 0.2) is 5.75 Å². The molecule has 0 amide bonds. The zero-order chi connectivity index (χ0) is 11.4. The van der Waals surface area contributed by atoms with Crippen LogP contribution in [0.4, 0.5) is 5.69 Å². The van der Waals surface area contributed by atoms with Gasteiger partial charge in [0.05, 0.1) is 5.69 Å². The van der Waals surface area contributed by atoms with Gasteiger partial charge in [-0.15, -0.1) is 0 Å². The molecule has 1 saturated heterocycles. The second-order valence-electron chi connectivity index (χ2n) is 3.80. The molecule has 16 heavy (non-hydrogen) atoms. The molecule has 2 rings (SSSR count). The second kappa shape index (κ2) is 4.99. The van der Waals surface area contributed by atoms with Crippen molar-refractivity contribution in [1.82, 2.24) is 5.32 Å². The molecule has 1 aromatic carbocycles. The summed E-state index contributed by atoms with van der Waals surface area (Å²) in [6, 6.07) is 7.66. The number of carbonyl (C=O) groups is 1. The fourth-order valence-corrected chi connectivity index (χ4v) is 1.87. The van der Waals surface area contributed by atoms with Crippen LogP contribution in [0.3, 0.4) is 0 Å². The molecule has 1 aromatic rings. The van der Waals surface area contributed by atoms with Gasteiger partial charge in [-0.1, -0.05) is 12.1 Å². The zero-order valence-corrected chi connectivity index (χ0v) is 9.40. The van der Waals surface area contributed by atoms with Gasteiger partial charge >= 0.3 is 5.97 Å². The third kappa shape index (κ3) is 2.52. The van der Waals surface area contributed by atoms with Crippen LogP contribution in [0, 0.1) is 0 Å². The van der Waals surface area contributed by atoms with Crippen molar-refractivity contribution in [1.29, 1.82) is 0 Å². The zero-order valence-electron chi connectivity index (χ0n) is 9.40. The molecule has 86 valence electrons. The molecular formula is C12H16N2O2. The number of benzene rings is 1. The Labute approximate surface area is 95.2 Å². The van der Waals surface area contributed by atoms with Gasteiger partial charge in [-0.3, -0.25) is 4.79 Å². The minimum Gasteiger partial charge on any atom is -0.425 e. The lowest BCUT2D eigenvalue weighted by Crippen LogP contribution is -2.43. The number of nitrogens with one attached hydrogen (secondary N) is 1. The largest absolute Gasteiger partial charge is 0.425 e. The normalized spacial score (nSPS) is 15.9. The molecule has 0 aromatic heterocycles. The predicted molar refractivity (Wildman–Crippen MR) is 62.8 cm³/mol. The fraction of sp³-hybridized carbons (Fsp3) is 0.417. The first kappa shape index (κ1) is 11.0. The maximum Gasteiger partial charge on any atom is 0.308 e. The Morgan fingerprint density at radius 2 is 2.00 bits per heavy atom. The first-order valence-electron chi connectivity index (χ1n) is 5.50. The number of anilines is 1. The highest BCUT2D eigenvalue weighted by molar-refractivity contribution is 5.73. The van der Waals surface area contributed by atoms with Crippen LogP contribution in [0.25, 0.3) is 0 Å². The number of hydrogen-bond donors (Lipinski definition) is 1. The number of hydrogen-bond acceptors (Lipinski definition) is 4. The molecule has 0 bridgehead atoms. The first-order valence-corrected chi connectivity index (χ1v) is 5.50. The summed E-state index contributed by atoms with van der Waals surface area (Å²) in [6.45, 7) is 5.24. The van der Waals surface area contributed by atoms with Crippen LogP contribution < -0.4 is 15.0 Å². The molecule has 1 aliphatic heterocycles. The van der Waals surface area contributed by atoms with Gasteiger partial charge in [0.1, 0.15) is 0 Å². The summed E-state index contributed by atoms with van der Waals surface area (Å²) in [7, 11) is 0. The quantitative estimate of drug-likeness (QED) is 0.597. The van der Waals surface area contributed by atoms with Gasteiger partial charge in [0, 0.05) is 33.1 Å². The van der Waals surface area contributed by atoms with E-state index in [2.05, 4.69) is 10.2 Å². The van der Waals surface area contributed by atoms with Crippen LogP contribution >= 0.6 is 0 Å². The Morgan fingerprint density at radius 1 is 1.31 bits per heavy atom. The Bertz CT molecular complexity index is 373. The van der Waals surface area contributed by atoms with Crippen molar-refractivity contribution < 1.29 is 9.53 Å². The SMILES string of the molecule is CC(=O)Oc1ccccc1N1CCNCC1. The van der Waals surface area contributed by atoms with Gasteiger partial charge < -0.3 is 15.0 Å². The highest BCUT2D eigenvalue weighted by Crippen LogP contribution is 2.28. The minimum absolute atomic E-state index is 0.275. The van der Waals surface area contributed by atoms with Gasteiger partial charge in [-0.2, -0.15) is 0 Å². The summed E-state index contributed by atoms with van der Waals surface area (Å²) >= 11 is 0. The summed E-state index contributed by atoms with van der Waals surface area (Å²) in [4.78, 5) is 13.2. The molecule has 0 aliphatic carbocycles. The van der Waals surface area contributed by atoms with Crippen LogP contribution in [0.15, 0.2) is 24.3 Å². The molecular weight excluding hydrogens is 204 g/mol. The van der Waals surface area contributed by atoms with Gasteiger partial charge in [-0.05, 0) is 12.1 Å². The lowest BCUT2D eigenvalue weighted by molar-refractivity contribution is -0.131. The van der Waals surface area contributed by atoms with Crippen LogP contribution in [0.5, 0.6) is 5.75 Å². The van der Waals surface area contributed by atoms with Gasteiger partial charge in [0.2, 0.25) is 0 Å². The second-order valence-corrected chi connectivity index (χ2v) is 3.80. The van der Waals surface area contributed by atoms with E-state index in [4.69, 9.17) is 4.74 Å². The van der Waals surface area contributed by atoms with Crippen molar-refractivity contribution in [3.63, 3.8) is 0 Å². The topological polar surface area (TPSA) is 41.6 Å². The van der Waals surface area contributed by atoms with Crippen molar-refractivity contribution in [2.45, 2.75) is 6.92 Å². The van der Waals surface area contributed by atoms with Crippen molar-refractivity contribution >= 4 is 11.7 Å². The number of piperazine rings is 1. The van der Waals surface area contributed by atoms with E-state index >= 15 is 0 Å². The molecule has 1 N–H and O–H groups in total. The van der Waals surface area contributed by atoms with E-state index in [-0.39, 0.29) is 5.97 Å². The van der Waals surface area contributed by atoms with E-state index < -0.39 is 0 Å². The Morgan fingerprint density at radius 3 is 2.69 bits per heavy atom. The maximum absolute atomic E-state index is 11.0. The summed E-state index contributed by atoms with van der Waals surface area (Å²) in [6.07, 6.45) is 0. The smallest absolute Gasteiger partial charge is 0.308 e. The van der Waals surface area contributed by atoms with Crippen molar-refractivity contribution in [2.75, 3.05) is 31.1 Å². The summed E-state index contributed by atoms with van der Waals surface area (Å²) in [5.41, 5.74) is 0.999. The van der Waals surface area contributed by atoms with Crippen molar-refractivity contribution in [3.05, 3.63) is 24.3 Å². The molecule has 0 unspecified atom stereocenters. The molecule has 1 fully saturated rings. The molecule has 0 saturated carbocycles. The number of rotatable bonds is 2. The first-order chi connectivity index (χ1) is 7.77. The van der Waals surface area contributed by atoms with Gasteiger partial charge in [-0.25, -0.2) is 0 Å². The fourth-order valence-electron chi connectivity index (χ4n) is 1.87. The third-order valence-electron chi connectivity index (χ3n) is 2.58. The van der Waals surface area contributed by atoms with E-state index in [1.54, 1.807) is 0 Å². The summed E-state index contributed by atoms with van der Waals surface area (Å²) in [5.74, 6) is 0.375. The summed E-state index contributed by atoms with van der Waals surface area (Å²) < 4.78 is 5.20. The van der Waals surface area contributed by atoms with Crippen LogP contribution in [-0.2, 0) is 4.79 Å². The lowest BCUT2D eigenvalue weighted by Gasteiger charge is -2.30. The number of ether oxygens (including phenoxy) is 1. The molecule has 0 atom stereocenters. The van der Waals surface area contributed by atoms with E-state index in [0.717, 1.165) is 31.9 Å². The maximum atomic E-state index is 11.0. The molecule has 0 radical (unpaired) electrons. The molecule has 0 spiro atoms. The predicted octanol–water partition coefficient (Wildman–Crippen LogP) is 1.02. The third-order valence-corrected chi connectivity index (χ3v) is 2.58. The van der Waals surface area contributed by atoms with Gasteiger partial charge in [0.25, 0.3) is 0 Å². The van der Waals surface area contributed by atoms with Crippen molar-refractivity contribution in [3.8, 4) is 5.75 Å². The number of para-hydroxylation sites is 2. The average Bonchev–Trinajstić information content (AvgIpc) is 2.30. The highest BCUT2D eigenvalue weighted by Gasteiger charge is 2.15. The van der Waals surface area contributed by atoms with Crippen LogP contribution in [0.2, 0.25) is 0 Å². The number of carbonyl (C=O) groups excluding carboxylic acids is 1. The average molecular weight is 220 g/mol. The Balaban J connectivity index is 2.20. The monoisotopic (exact) mass is 220 g/mol. The van der Waals surface area contributed by atoms with E-state index in [1.807, 2.05) is 24.3 Å². The molecule has 1 heterocycles. The molecule has 4 heteroatoms. The number of nitrogens with zero attached hydrogens (tertiary/aromatic N) is 1. The lowest BCUT2D eigenvalue weighted by atomic mass is 10.2. The van der Waals surface area contributed by atoms with Crippen LogP contribution in [-0.4, -0.2) is 32.1 Å². The highest BCUT2D eigenvalue weighted by atomic mass is 16.5. The Kier molecular flexibility index (Phi) is 3.41. The van der Waals surface area contributed by atoms with E-state index in [9.17, 15) is 4.79 Å². The van der Waals surface area contributed by atoms with Crippen LogP contribution in [0.1, 0.15) is 6.92 Å². The number of esters is 1. The van der Waals surface area contributed by atoms with Crippen molar-refractivity contribution in [2.24, 2.45) is 0 Å². The molecule has 1 aliphatic rings. The van der Waals surface area contributed by atoms with E-state index in [0.29, 0.717) is 5.75 Å². The Hall–Kier alpha value is -1.55. The molecule has 4 nitrogen and oxygen atoms in total.